The average Bonchev–Trinajstić information content (AvgIpc) is 3.39. The topological polar surface area (TPSA) is 15.7 Å². The van der Waals surface area contributed by atoms with Gasteiger partial charge in [-0.1, -0.05) is 131 Å². The number of hydrogen-bond donors (Lipinski definition) is 0. The molecule has 10 rings (SSSR count). The minimum Gasteiger partial charge on any atom is -0.453 e. The van der Waals surface area contributed by atoms with Crippen LogP contribution in [0.4, 0.5) is 34.1 Å². The molecule has 0 spiro atoms. The summed E-state index contributed by atoms with van der Waals surface area (Å²) in [6, 6.07) is 55.5. The maximum absolute atomic E-state index is 6.62. The fourth-order valence-corrected chi connectivity index (χ4v) is 9.06. The number of para-hydroxylation sites is 2. The SMILES string of the molecule is Cc1cccc2c1N1c3cc(N(c4cccc(-c5ccccc5)c4)c4ccc5c(c4)C(C)(C)c4ccccc4-5)ccc3C(C)(C)c3cccc(c31)O2. The maximum Gasteiger partial charge on any atom is 0.151 e. The summed E-state index contributed by atoms with van der Waals surface area (Å²) >= 11 is 0. The van der Waals surface area contributed by atoms with Gasteiger partial charge in [-0.05, 0) is 106 Å². The van der Waals surface area contributed by atoms with Gasteiger partial charge in [0.1, 0.15) is 0 Å². The first-order chi connectivity index (χ1) is 25.2. The molecule has 0 saturated carbocycles. The Bertz CT molecular complexity index is 2580. The molecule has 0 saturated heterocycles. The molecule has 0 bridgehead atoms. The Balaban J connectivity index is 1.21. The first-order valence-electron chi connectivity index (χ1n) is 18.3. The zero-order valence-electron chi connectivity index (χ0n) is 30.2. The van der Waals surface area contributed by atoms with Crippen molar-refractivity contribution in [3.8, 4) is 33.8 Å². The molecule has 0 N–H and O–H groups in total. The zero-order valence-corrected chi connectivity index (χ0v) is 30.2. The van der Waals surface area contributed by atoms with Crippen molar-refractivity contribution in [3.05, 3.63) is 179 Å². The molecule has 252 valence electrons. The van der Waals surface area contributed by atoms with Crippen LogP contribution in [-0.4, -0.2) is 0 Å². The largest absolute Gasteiger partial charge is 0.453 e. The first-order valence-corrected chi connectivity index (χ1v) is 18.3. The van der Waals surface area contributed by atoms with Gasteiger partial charge in [0.05, 0.1) is 17.1 Å². The van der Waals surface area contributed by atoms with E-state index in [2.05, 4.69) is 196 Å². The van der Waals surface area contributed by atoms with Crippen LogP contribution in [0, 0.1) is 6.92 Å². The Kier molecular flexibility index (Phi) is 6.48. The Morgan fingerprint density at radius 2 is 1.08 bits per heavy atom. The van der Waals surface area contributed by atoms with Crippen molar-refractivity contribution < 1.29 is 4.74 Å². The molecular weight excluding hydrogens is 633 g/mol. The lowest BCUT2D eigenvalue weighted by molar-refractivity contribution is 0.471. The summed E-state index contributed by atoms with van der Waals surface area (Å²) in [7, 11) is 0. The molecule has 0 amide bonds. The van der Waals surface area contributed by atoms with Gasteiger partial charge < -0.3 is 14.5 Å². The summed E-state index contributed by atoms with van der Waals surface area (Å²) in [5.41, 5.74) is 17.9. The summed E-state index contributed by atoms with van der Waals surface area (Å²) < 4.78 is 6.62. The van der Waals surface area contributed by atoms with Gasteiger partial charge in [-0.15, -0.1) is 0 Å². The van der Waals surface area contributed by atoms with E-state index in [9.17, 15) is 0 Å². The maximum atomic E-state index is 6.62. The molecule has 7 aromatic rings. The lowest BCUT2D eigenvalue weighted by Gasteiger charge is -2.45. The Morgan fingerprint density at radius 3 is 1.92 bits per heavy atom. The molecule has 0 radical (unpaired) electrons. The van der Waals surface area contributed by atoms with E-state index in [0.29, 0.717) is 0 Å². The Morgan fingerprint density at radius 1 is 0.462 bits per heavy atom. The van der Waals surface area contributed by atoms with Crippen LogP contribution in [0.25, 0.3) is 22.3 Å². The number of fused-ring (bicyclic) bond motifs is 7. The molecule has 3 heteroatoms. The van der Waals surface area contributed by atoms with Crippen LogP contribution >= 0.6 is 0 Å². The molecule has 0 fully saturated rings. The second-order valence-electron chi connectivity index (χ2n) is 15.5. The number of benzene rings is 7. The molecule has 2 aliphatic heterocycles. The van der Waals surface area contributed by atoms with Crippen LogP contribution in [0.2, 0.25) is 0 Å². The predicted molar refractivity (Wildman–Crippen MR) is 216 cm³/mol. The van der Waals surface area contributed by atoms with E-state index in [0.717, 1.165) is 39.9 Å². The summed E-state index contributed by atoms with van der Waals surface area (Å²) in [4.78, 5) is 4.91. The third-order valence-corrected chi connectivity index (χ3v) is 11.7. The smallest absolute Gasteiger partial charge is 0.151 e. The normalized spacial score (nSPS) is 15.1. The molecule has 0 aromatic heterocycles. The molecule has 0 unspecified atom stereocenters. The third-order valence-electron chi connectivity index (χ3n) is 11.7. The van der Waals surface area contributed by atoms with Crippen molar-refractivity contribution in [3.63, 3.8) is 0 Å². The number of nitrogens with zero attached hydrogens (tertiary/aromatic N) is 2. The van der Waals surface area contributed by atoms with Gasteiger partial charge in [0.2, 0.25) is 0 Å². The second-order valence-corrected chi connectivity index (χ2v) is 15.5. The molecular formula is C49H40N2O. The summed E-state index contributed by atoms with van der Waals surface area (Å²) in [6.45, 7) is 11.6. The number of rotatable bonds is 4. The zero-order chi connectivity index (χ0) is 35.4. The highest BCUT2D eigenvalue weighted by atomic mass is 16.5. The summed E-state index contributed by atoms with van der Waals surface area (Å²) in [6.07, 6.45) is 0. The van der Waals surface area contributed by atoms with E-state index < -0.39 is 0 Å². The molecule has 1 aliphatic carbocycles. The van der Waals surface area contributed by atoms with E-state index in [4.69, 9.17) is 4.74 Å². The van der Waals surface area contributed by atoms with Crippen molar-refractivity contribution in [1.29, 1.82) is 0 Å². The van der Waals surface area contributed by atoms with Crippen LogP contribution in [0.1, 0.15) is 55.5 Å². The number of aryl methyl sites for hydroxylation is 1. The van der Waals surface area contributed by atoms with E-state index in [1.54, 1.807) is 0 Å². The van der Waals surface area contributed by atoms with Gasteiger partial charge in [-0.3, -0.25) is 0 Å². The third kappa shape index (κ3) is 4.32. The average molecular weight is 673 g/mol. The highest BCUT2D eigenvalue weighted by molar-refractivity contribution is 5.96. The van der Waals surface area contributed by atoms with Crippen LogP contribution < -0.4 is 14.5 Å². The van der Waals surface area contributed by atoms with Gasteiger partial charge >= 0.3 is 0 Å². The standard InChI is InChI=1S/C49H40N2O/c1-31-14-11-22-44-46(31)51-43-30-36(25-27-40(43)49(4,5)41-21-13-23-45(52-44)47(41)51)50(34-18-12-17-33(28-34)32-15-7-6-8-16-32)35-24-26-38-37-19-9-10-20-39(37)48(2,3)42(38)29-35/h6-30H,1-5H3. The molecule has 3 nitrogen and oxygen atoms in total. The predicted octanol–water partition coefficient (Wildman–Crippen LogP) is 13.7. The van der Waals surface area contributed by atoms with Crippen molar-refractivity contribution in [2.75, 3.05) is 9.80 Å². The van der Waals surface area contributed by atoms with Crippen molar-refractivity contribution in [2.45, 2.75) is 45.4 Å². The molecule has 52 heavy (non-hydrogen) atoms. The molecule has 3 aliphatic rings. The minimum absolute atomic E-state index is 0.117. The van der Waals surface area contributed by atoms with Crippen molar-refractivity contribution >= 4 is 34.1 Å². The molecule has 7 aromatic carbocycles. The number of anilines is 6. The fraction of sp³-hybridized carbons (Fsp3) is 0.143. The van der Waals surface area contributed by atoms with Gasteiger partial charge in [0, 0.05) is 27.9 Å². The lowest BCUT2D eigenvalue weighted by atomic mass is 9.73. The number of ether oxygens (including phenoxy) is 1. The van der Waals surface area contributed by atoms with Crippen molar-refractivity contribution in [1.82, 2.24) is 0 Å². The van der Waals surface area contributed by atoms with Gasteiger partial charge in [-0.2, -0.15) is 0 Å². The minimum atomic E-state index is -0.235. The quantitative estimate of drug-likeness (QED) is 0.185. The van der Waals surface area contributed by atoms with Gasteiger partial charge in [-0.25, -0.2) is 0 Å². The van der Waals surface area contributed by atoms with Crippen molar-refractivity contribution in [2.24, 2.45) is 0 Å². The number of hydrogen-bond acceptors (Lipinski definition) is 3. The Labute approximate surface area is 306 Å². The van der Waals surface area contributed by atoms with Gasteiger partial charge in [0.15, 0.2) is 11.5 Å². The molecule has 2 heterocycles. The lowest BCUT2D eigenvalue weighted by Crippen LogP contribution is -2.32. The van der Waals surface area contributed by atoms with Gasteiger partial charge in [0.25, 0.3) is 0 Å². The second kappa shape index (κ2) is 11.0. The van der Waals surface area contributed by atoms with Crippen LogP contribution in [-0.2, 0) is 10.8 Å². The van der Waals surface area contributed by atoms with E-state index in [-0.39, 0.29) is 10.8 Å². The fourth-order valence-electron chi connectivity index (χ4n) is 9.06. The summed E-state index contributed by atoms with van der Waals surface area (Å²) in [5, 5.41) is 0. The van der Waals surface area contributed by atoms with E-state index in [1.807, 2.05) is 0 Å². The van der Waals surface area contributed by atoms with Crippen LogP contribution in [0.3, 0.4) is 0 Å². The highest BCUT2D eigenvalue weighted by Gasteiger charge is 2.42. The van der Waals surface area contributed by atoms with E-state index in [1.165, 1.54) is 55.8 Å². The Hall–Kier alpha value is -6.06. The van der Waals surface area contributed by atoms with Crippen LogP contribution in [0.5, 0.6) is 11.5 Å². The highest BCUT2D eigenvalue weighted by Crippen LogP contribution is 2.61. The monoisotopic (exact) mass is 672 g/mol. The molecule has 0 atom stereocenters. The van der Waals surface area contributed by atoms with Crippen LogP contribution in [0.15, 0.2) is 152 Å². The summed E-state index contributed by atoms with van der Waals surface area (Å²) in [5.74, 6) is 1.78. The first kappa shape index (κ1) is 30.7. The van der Waals surface area contributed by atoms with E-state index >= 15 is 0 Å².